The molecule has 1 fully saturated rings. The zero-order valence-corrected chi connectivity index (χ0v) is 14.4. The number of ether oxygens (including phenoxy) is 1. The zero-order valence-electron chi connectivity index (χ0n) is 12.9. The molecule has 0 aromatic carbocycles. The normalized spacial score (nSPS) is 16.8. The minimum absolute atomic E-state index is 0.0841. The van der Waals surface area contributed by atoms with Crippen molar-refractivity contribution >= 4 is 21.6 Å². The molecule has 0 saturated heterocycles. The maximum absolute atomic E-state index is 12.2. The number of hydrogen-bond donors (Lipinski definition) is 1. The first-order chi connectivity index (χ1) is 9.97. The van der Waals surface area contributed by atoms with Crippen molar-refractivity contribution in [3.8, 4) is 0 Å². The molecule has 118 valence electrons. The van der Waals surface area contributed by atoms with Crippen molar-refractivity contribution in [1.82, 2.24) is 14.7 Å². The molecule has 21 heavy (non-hydrogen) atoms. The third kappa shape index (κ3) is 3.84. The highest BCUT2D eigenvalue weighted by atomic mass is 79.9. The van der Waals surface area contributed by atoms with Crippen molar-refractivity contribution in [3.63, 3.8) is 0 Å². The fourth-order valence-corrected chi connectivity index (χ4v) is 2.77. The van der Waals surface area contributed by atoms with Gasteiger partial charge in [-0.1, -0.05) is 0 Å². The molecule has 1 aromatic heterocycles. The van der Waals surface area contributed by atoms with Gasteiger partial charge in [-0.3, -0.25) is 4.79 Å². The van der Waals surface area contributed by atoms with E-state index in [9.17, 15) is 4.79 Å². The van der Waals surface area contributed by atoms with Gasteiger partial charge in [-0.05, 0) is 49.3 Å². The molecular weight excluding hydrogens is 336 g/mol. The van der Waals surface area contributed by atoms with Crippen molar-refractivity contribution < 1.29 is 4.74 Å². The molecule has 0 unspecified atom stereocenters. The van der Waals surface area contributed by atoms with Gasteiger partial charge in [-0.2, -0.15) is 5.10 Å². The third-order valence-electron chi connectivity index (χ3n) is 4.04. The molecule has 0 aliphatic heterocycles. The smallest absolute Gasteiger partial charge is 0.283 e. The second-order valence-corrected chi connectivity index (χ2v) is 6.59. The summed E-state index contributed by atoms with van der Waals surface area (Å²) in [5.74, 6) is 0. The first kappa shape index (κ1) is 16.5. The van der Waals surface area contributed by atoms with Gasteiger partial charge < -0.3 is 15.0 Å². The Kier molecular flexibility index (Phi) is 5.40. The molecule has 0 atom stereocenters. The Labute approximate surface area is 133 Å². The van der Waals surface area contributed by atoms with E-state index in [-0.39, 0.29) is 11.2 Å². The summed E-state index contributed by atoms with van der Waals surface area (Å²) in [5, 5.41) is 7.51. The standard InChI is InChI=1S/C14H23BrN4O2/c1-18(2)7-8-19-13(20)12(15)11(9-17-19)16-10-14(21-3)5-4-6-14/h9,16H,4-8,10H2,1-3H3. The fraction of sp³-hybridized carbons (Fsp3) is 0.714. The lowest BCUT2D eigenvalue weighted by atomic mass is 9.80. The molecule has 1 N–H and O–H groups in total. The minimum atomic E-state index is -0.109. The Balaban J connectivity index is 2.04. The number of methoxy groups -OCH3 is 1. The Hall–Kier alpha value is -0.920. The number of aromatic nitrogens is 2. The molecule has 7 heteroatoms. The summed E-state index contributed by atoms with van der Waals surface area (Å²) in [6, 6.07) is 0. The summed E-state index contributed by atoms with van der Waals surface area (Å²) in [6.07, 6.45) is 5.01. The van der Waals surface area contributed by atoms with Crippen LogP contribution in [0, 0.1) is 0 Å². The van der Waals surface area contributed by atoms with Crippen LogP contribution in [0.5, 0.6) is 0 Å². The van der Waals surface area contributed by atoms with Crippen molar-refractivity contribution in [2.75, 3.05) is 39.6 Å². The Morgan fingerprint density at radius 3 is 2.76 bits per heavy atom. The average molecular weight is 359 g/mol. The molecule has 6 nitrogen and oxygen atoms in total. The molecule has 1 saturated carbocycles. The topological polar surface area (TPSA) is 59.4 Å². The average Bonchev–Trinajstić information content (AvgIpc) is 2.41. The maximum Gasteiger partial charge on any atom is 0.283 e. The van der Waals surface area contributed by atoms with E-state index >= 15 is 0 Å². The first-order valence-corrected chi connectivity index (χ1v) is 7.96. The van der Waals surface area contributed by atoms with E-state index in [0.717, 1.165) is 25.1 Å². The van der Waals surface area contributed by atoms with E-state index < -0.39 is 0 Å². The lowest BCUT2D eigenvalue weighted by Gasteiger charge is -2.40. The first-order valence-electron chi connectivity index (χ1n) is 7.17. The van der Waals surface area contributed by atoms with E-state index in [2.05, 4.69) is 26.3 Å². The van der Waals surface area contributed by atoms with Crippen LogP contribution in [-0.4, -0.2) is 54.6 Å². The van der Waals surface area contributed by atoms with Gasteiger partial charge in [0.2, 0.25) is 0 Å². The van der Waals surface area contributed by atoms with Crippen LogP contribution in [0.15, 0.2) is 15.5 Å². The lowest BCUT2D eigenvalue weighted by molar-refractivity contribution is -0.0601. The highest BCUT2D eigenvalue weighted by Crippen LogP contribution is 2.35. The van der Waals surface area contributed by atoms with Gasteiger partial charge in [-0.15, -0.1) is 0 Å². The molecule has 1 heterocycles. The highest BCUT2D eigenvalue weighted by Gasteiger charge is 2.36. The lowest BCUT2D eigenvalue weighted by Crippen LogP contribution is -2.45. The fourth-order valence-electron chi connectivity index (χ4n) is 2.32. The Bertz CT molecular complexity index is 535. The summed E-state index contributed by atoms with van der Waals surface area (Å²) >= 11 is 3.38. The summed E-state index contributed by atoms with van der Waals surface area (Å²) in [6.45, 7) is 2.05. The van der Waals surface area contributed by atoms with E-state index in [1.807, 2.05) is 19.0 Å². The van der Waals surface area contributed by atoms with Crippen LogP contribution in [0.1, 0.15) is 19.3 Å². The van der Waals surface area contributed by atoms with Crippen molar-refractivity contribution in [3.05, 3.63) is 21.0 Å². The molecule has 0 amide bonds. The minimum Gasteiger partial charge on any atom is -0.380 e. The third-order valence-corrected chi connectivity index (χ3v) is 4.81. The van der Waals surface area contributed by atoms with Gasteiger partial charge in [-0.25, -0.2) is 4.68 Å². The molecule has 2 rings (SSSR count). The number of anilines is 1. The van der Waals surface area contributed by atoms with E-state index in [0.29, 0.717) is 17.6 Å². The van der Waals surface area contributed by atoms with Gasteiger partial charge >= 0.3 is 0 Å². The van der Waals surface area contributed by atoms with Crippen LogP contribution in [0.4, 0.5) is 5.69 Å². The second kappa shape index (κ2) is 6.89. The van der Waals surface area contributed by atoms with E-state index in [4.69, 9.17) is 4.74 Å². The number of hydrogen-bond acceptors (Lipinski definition) is 5. The summed E-state index contributed by atoms with van der Waals surface area (Å²) < 4.78 is 7.57. The summed E-state index contributed by atoms with van der Waals surface area (Å²) in [4.78, 5) is 14.3. The van der Waals surface area contributed by atoms with Crippen molar-refractivity contribution in [2.24, 2.45) is 0 Å². The van der Waals surface area contributed by atoms with Gasteiger partial charge in [0.25, 0.3) is 5.56 Å². The van der Waals surface area contributed by atoms with Crippen LogP contribution in [0.25, 0.3) is 0 Å². The van der Waals surface area contributed by atoms with E-state index in [1.54, 1.807) is 13.3 Å². The zero-order chi connectivity index (χ0) is 15.5. The van der Waals surface area contributed by atoms with Gasteiger partial charge in [0.05, 0.1) is 24.0 Å². The van der Waals surface area contributed by atoms with Crippen LogP contribution < -0.4 is 10.9 Å². The molecule has 1 aliphatic rings. The number of nitrogens with one attached hydrogen (secondary N) is 1. The van der Waals surface area contributed by atoms with Gasteiger partial charge in [0.1, 0.15) is 4.47 Å². The van der Waals surface area contributed by atoms with Gasteiger partial charge in [0.15, 0.2) is 0 Å². The molecule has 0 spiro atoms. The summed E-state index contributed by atoms with van der Waals surface area (Å²) in [7, 11) is 5.69. The second-order valence-electron chi connectivity index (χ2n) is 5.80. The predicted molar refractivity (Wildman–Crippen MR) is 86.8 cm³/mol. The Morgan fingerprint density at radius 2 is 2.24 bits per heavy atom. The van der Waals surface area contributed by atoms with Crippen molar-refractivity contribution in [1.29, 1.82) is 0 Å². The quantitative estimate of drug-likeness (QED) is 0.801. The monoisotopic (exact) mass is 358 g/mol. The number of nitrogens with zero attached hydrogens (tertiary/aromatic N) is 3. The molecule has 1 aliphatic carbocycles. The molecule has 1 aromatic rings. The van der Waals surface area contributed by atoms with Gasteiger partial charge in [0, 0.05) is 20.2 Å². The van der Waals surface area contributed by atoms with E-state index in [1.165, 1.54) is 11.1 Å². The van der Waals surface area contributed by atoms with Crippen LogP contribution in [0.3, 0.4) is 0 Å². The largest absolute Gasteiger partial charge is 0.380 e. The maximum atomic E-state index is 12.2. The van der Waals surface area contributed by atoms with Crippen molar-refractivity contribution in [2.45, 2.75) is 31.4 Å². The number of likely N-dealkylation sites (N-methyl/N-ethyl adjacent to an activating group) is 1. The predicted octanol–water partition coefficient (Wildman–Crippen LogP) is 1.55. The number of rotatable bonds is 7. The van der Waals surface area contributed by atoms with Crippen LogP contribution in [0.2, 0.25) is 0 Å². The highest BCUT2D eigenvalue weighted by molar-refractivity contribution is 9.10. The molecular formula is C14H23BrN4O2. The molecule has 0 radical (unpaired) electrons. The Morgan fingerprint density at radius 1 is 1.52 bits per heavy atom. The van der Waals surface area contributed by atoms with Crippen LogP contribution in [-0.2, 0) is 11.3 Å². The SMILES string of the molecule is COC1(CNc2cnn(CCN(C)C)c(=O)c2Br)CCC1. The summed E-state index contributed by atoms with van der Waals surface area (Å²) in [5.41, 5.74) is 0.533. The molecule has 0 bridgehead atoms. The number of halogens is 1. The van der Waals surface area contributed by atoms with Crippen LogP contribution >= 0.6 is 15.9 Å².